The molecule has 0 heteroatoms. The van der Waals surface area contributed by atoms with Crippen LogP contribution in [0.3, 0.4) is 0 Å². The highest BCUT2D eigenvalue weighted by molar-refractivity contribution is 5.10. The van der Waals surface area contributed by atoms with Gasteiger partial charge in [-0.1, -0.05) is 31.2 Å². The first kappa shape index (κ1) is 10.0. The molecule has 2 rings (SSSR count). The van der Waals surface area contributed by atoms with Crippen molar-refractivity contribution in [3.63, 3.8) is 0 Å². The Kier molecular flexibility index (Phi) is 3.10. The van der Waals surface area contributed by atoms with Gasteiger partial charge in [-0.05, 0) is 56.3 Å². The van der Waals surface area contributed by atoms with Crippen molar-refractivity contribution >= 4 is 0 Å². The molecule has 0 aromatic rings. The molecular formula is C14H22. The number of rotatable bonds is 5. The topological polar surface area (TPSA) is 0 Å². The van der Waals surface area contributed by atoms with E-state index < -0.39 is 0 Å². The van der Waals surface area contributed by atoms with Gasteiger partial charge in [0.05, 0.1) is 0 Å². The minimum absolute atomic E-state index is 0.940. The van der Waals surface area contributed by atoms with Crippen LogP contribution in [0.25, 0.3) is 0 Å². The molecule has 14 heavy (non-hydrogen) atoms. The van der Waals surface area contributed by atoms with Gasteiger partial charge in [-0.15, -0.1) is 0 Å². The SMILES string of the molecule is C=C(CC)CCCC1CC2C=CC1C2. The Morgan fingerprint density at radius 2 is 2.21 bits per heavy atom. The summed E-state index contributed by atoms with van der Waals surface area (Å²) in [6, 6.07) is 0. The molecule has 1 saturated carbocycles. The zero-order valence-electron chi connectivity index (χ0n) is 9.34. The molecule has 0 N–H and O–H groups in total. The molecule has 2 aliphatic carbocycles. The van der Waals surface area contributed by atoms with Crippen LogP contribution < -0.4 is 0 Å². The predicted octanol–water partition coefficient (Wildman–Crippen LogP) is 4.34. The molecule has 0 aromatic heterocycles. The first-order valence-corrected chi connectivity index (χ1v) is 6.14. The predicted molar refractivity (Wildman–Crippen MR) is 62.1 cm³/mol. The van der Waals surface area contributed by atoms with Crippen LogP contribution in [0.15, 0.2) is 24.3 Å². The van der Waals surface area contributed by atoms with E-state index >= 15 is 0 Å². The van der Waals surface area contributed by atoms with E-state index in [-0.39, 0.29) is 0 Å². The molecule has 0 nitrogen and oxygen atoms in total. The Bertz CT molecular complexity index is 236. The van der Waals surface area contributed by atoms with Gasteiger partial charge in [0.25, 0.3) is 0 Å². The third-order valence-corrected chi connectivity index (χ3v) is 4.02. The fraction of sp³-hybridized carbons (Fsp3) is 0.714. The molecule has 3 unspecified atom stereocenters. The average Bonchev–Trinajstić information content (AvgIpc) is 2.79. The van der Waals surface area contributed by atoms with E-state index in [1.54, 1.807) is 0 Å². The Balaban J connectivity index is 1.67. The van der Waals surface area contributed by atoms with Crippen LogP contribution in [0.1, 0.15) is 45.4 Å². The Labute approximate surface area is 88.1 Å². The van der Waals surface area contributed by atoms with Crippen LogP contribution >= 0.6 is 0 Å². The number of allylic oxidation sites excluding steroid dienone is 3. The van der Waals surface area contributed by atoms with Crippen molar-refractivity contribution in [3.05, 3.63) is 24.3 Å². The summed E-state index contributed by atoms with van der Waals surface area (Å²) in [6.07, 6.45) is 13.1. The lowest BCUT2D eigenvalue weighted by Gasteiger charge is -2.17. The van der Waals surface area contributed by atoms with E-state index in [2.05, 4.69) is 25.7 Å². The van der Waals surface area contributed by atoms with Crippen molar-refractivity contribution in [3.8, 4) is 0 Å². The lowest BCUT2D eigenvalue weighted by molar-refractivity contribution is 0.403. The Hall–Kier alpha value is -0.520. The Morgan fingerprint density at radius 3 is 2.79 bits per heavy atom. The number of fused-ring (bicyclic) bond motifs is 2. The molecule has 2 bridgehead atoms. The highest BCUT2D eigenvalue weighted by Gasteiger charge is 2.34. The molecular weight excluding hydrogens is 168 g/mol. The van der Waals surface area contributed by atoms with Crippen molar-refractivity contribution in [1.29, 1.82) is 0 Å². The molecule has 0 heterocycles. The van der Waals surface area contributed by atoms with Crippen LogP contribution in [0.5, 0.6) is 0 Å². The third kappa shape index (κ3) is 2.10. The molecule has 1 fully saturated rings. The van der Waals surface area contributed by atoms with E-state index in [0.717, 1.165) is 24.2 Å². The molecule has 0 radical (unpaired) electrons. The first-order chi connectivity index (χ1) is 6.79. The van der Waals surface area contributed by atoms with Crippen LogP contribution in [0.4, 0.5) is 0 Å². The standard InChI is InChI=1S/C14H22/c1-3-11(2)5-4-6-13-9-12-7-8-14(13)10-12/h7-8,12-14H,2-6,9-10H2,1H3. The van der Waals surface area contributed by atoms with Crippen molar-refractivity contribution in [2.24, 2.45) is 17.8 Å². The van der Waals surface area contributed by atoms with Crippen molar-refractivity contribution in [2.45, 2.75) is 45.4 Å². The van der Waals surface area contributed by atoms with Gasteiger partial charge < -0.3 is 0 Å². The fourth-order valence-corrected chi connectivity index (χ4v) is 3.02. The fourth-order valence-electron chi connectivity index (χ4n) is 3.02. The molecule has 0 saturated heterocycles. The van der Waals surface area contributed by atoms with Crippen LogP contribution in [-0.2, 0) is 0 Å². The molecule has 2 aliphatic rings. The molecule has 0 spiro atoms. The largest absolute Gasteiger partial charge is 0.0999 e. The van der Waals surface area contributed by atoms with E-state index in [1.807, 2.05) is 0 Å². The summed E-state index contributed by atoms with van der Waals surface area (Å²) in [7, 11) is 0. The molecule has 0 amide bonds. The maximum Gasteiger partial charge on any atom is -0.0199 e. The number of hydrogen-bond donors (Lipinski definition) is 0. The normalized spacial score (nSPS) is 33.9. The van der Waals surface area contributed by atoms with Crippen molar-refractivity contribution in [1.82, 2.24) is 0 Å². The quantitative estimate of drug-likeness (QED) is 0.566. The summed E-state index contributed by atoms with van der Waals surface area (Å²) in [5.41, 5.74) is 1.43. The van der Waals surface area contributed by atoms with Gasteiger partial charge in [0.2, 0.25) is 0 Å². The van der Waals surface area contributed by atoms with E-state index in [9.17, 15) is 0 Å². The van der Waals surface area contributed by atoms with Crippen molar-refractivity contribution < 1.29 is 0 Å². The minimum atomic E-state index is 0.940. The third-order valence-electron chi connectivity index (χ3n) is 4.02. The van der Waals surface area contributed by atoms with Crippen LogP contribution in [-0.4, -0.2) is 0 Å². The summed E-state index contributed by atoms with van der Waals surface area (Å²) in [6.45, 7) is 6.28. The minimum Gasteiger partial charge on any atom is -0.0999 e. The highest BCUT2D eigenvalue weighted by atomic mass is 14.4. The second-order valence-electron chi connectivity index (χ2n) is 5.04. The average molecular weight is 190 g/mol. The van der Waals surface area contributed by atoms with Crippen molar-refractivity contribution in [2.75, 3.05) is 0 Å². The van der Waals surface area contributed by atoms with Gasteiger partial charge >= 0.3 is 0 Å². The lowest BCUT2D eigenvalue weighted by Crippen LogP contribution is -2.06. The molecule has 0 aliphatic heterocycles. The molecule has 0 aromatic carbocycles. The zero-order chi connectivity index (χ0) is 9.97. The van der Waals surface area contributed by atoms with Gasteiger partial charge in [-0.2, -0.15) is 0 Å². The molecule has 3 atom stereocenters. The molecule has 78 valence electrons. The number of hydrogen-bond acceptors (Lipinski definition) is 0. The van der Waals surface area contributed by atoms with Crippen LogP contribution in [0.2, 0.25) is 0 Å². The zero-order valence-corrected chi connectivity index (χ0v) is 9.34. The first-order valence-electron chi connectivity index (χ1n) is 6.14. The summed E-state index contributed by atoms with van der Waals surface area (Å²) < 4.78 is 0. The van der Waals surface area contributed by atoms with E-state index in [4.69, 9.17) is 0 Å². The summed E-state index contributed by atoms with van der Waals surface area (Å²) >= 11 is 0. The van der Waals surface area contributed by atoms with Gasteiger partial charge in [-0.3, -0.25) is 0 Å². The second kappa shape index (κ2) is 4.33. The monoisotopic (exact) mass is 190 g/mol. The second-order valence-corrected chi connectivity index (χ2v) is 5.04. The van der Waals surface area contributed by atoms with E-state index in [0.29, 0.717) is 0 Å². The smallest absolute Gasteiger partial charge is 0.0199 e. The van der Waals surface area contributed by atoms with Crippen LogP contribution in [0, 0.1) is 17.8 Å². The summed E-state index contributed by atoms with van der Waals surface area (Å²) in [5, 5.41) is 0. The highest BCUT2D eigenvalue weighted by Crippen LogP contribution is 2.45. The maximum atomic E-state index is 4.07. The summed E-state index contributed by atoms with van der Waals surface area (Å²) in [4.78, 5) is 0. The maximum absolute atomic E-state index is 4.07. The van der Waals surface area contributed by atoms with Gasteiger partial charge in [-0.25, -0.2) is 0 Å². The van der Waals surface area contributed by atoms with E-state index in [1.165, 1.54) is 37.7 Å². The van der Waals surface area contributed by atoms with Gasteiger partial charge in [0, 0.05) is 0 Å². The van der Waals surface area contributed by atoms with Gasteiger partial charge in [0.1, 0.15) is 0 Å². The van der Waals surface area contributed by atoms with Gasteiger partial charge in [0.15, 0.2) is 0 Å². The Morgan fingerprint density at radius 1 is 1.36 bits per heavy atom. The summed E-state index contributed by atoms with van der Waals surface area (Å²) in [5.74, 6) is 2.89. The lowest BCUT2D eigenvalue weighted by atomic mass is 9.88.